The summed E-state index contributed by atoms with van der Waals surface area (Å²) in [6, 6.07) is 13.8. The molecule has 0 aromatic heterocycles. The van der Waals surface area contributed by atoms with Gasteiger partial charge in [0, 0.05) is 10.6 Å². The Kier molecular flexibility index (Phi) is 7.57. The second-order valence-corrected chi connectivity index (χ2v) is 8.74. The first kappa shape index (κ1) is 22.6. The highest BCUT2D eigenvalue weighted by Gasteiger charge is 2.24. The molecule has 0 saturated heterocycles. The SMILES string of the molecule is CC(C)C(NC(=O)c1ccc(Cl)cc1)C(=O)N/N=C/c1ccc(C(C)(C)C)cc1. The van der Waals surface area contributed by atoms with Gasteiger partial charge in [-0.25, -0.2) is 5.43 Å². The van der Waals surface area contributed by atoms with Gasteiger partial charge in [-0.3, -0.25) is 9.59 Å². The van der Waals surface area contributed by atoms with Crippen LogP contribution in [0.25, 0.3) is 0 Å². The highest BCUT2D eigenvalue weighted by atomic mass is 35.5. The Bertz CT molecular complexity index is 866. The molecule has 2 amide bonds. The van der Waals surface area contributed by atoms with Crippen molar-refractivity contribution in [1.29, 1.82) is 0 Å². The maximum absolute atomic E-state index is 12.5. The predicted octanol–water partition coefficient (Wildman–Crippen LogP) is 4.54. The van der Waals surface area contributed by atoms with Gasteiger partial charge in [0.15, 0.2) is 0 Å². The molecule has 0 aliphatic heterocycles. The molecule has 154 valence electrons. The van der Waals surface area contributed by atoms with Crippen LogP contribution in [0, 0.1) is 5.92 Å². The van der Waals surface area contributed by atoms with Crippen LogP contribution >= 0.6 is 11.6 Å². The average Bonchev–Trinajstić information content (AvgIpc) is 2.65. The van der Waals surface area contributed by atoms with Crippen LogP contribution in [0.2, 0.25) is 5.02 Å². The third-order valence-corrected chi connectivity index (χ3v) is 4.76. The summed E-state index contributed by atoms with van der Waals surface area (Å²) in [4.78, 5) is 24.9. The second kappa shape index (κ2) is 9.70. The van der Waals surface area contributed by atoms with Gasteiger partial charge in [0.2, 0.25) is 0 Å². The van der Waals surface area contributed by atoms with Crippen LogP contribution in [0.1, 0.15) is 56.1 Å². The van der Waals surface area contributed by atoms with Crippen molar-refractivity contribution >= 4 is 29.6 Å². The fourth-order valence-electron chi connectivity index (χ4n) is 2.67. The van der Waals surface area contributed by atoms with Gasteiger partial charge in [0.25, 0.3) is 11.8 Å². The van der Waals surface area contributed by atoms with Gasteiger partial charge >= 0.3 is 0 Å². The van der Waals surface area contributed by atoms with Crippen molar-refractivity contribution in [2.75, 3.05) is 0 Å². The van der Waals surface area contributed by atoms with Crippen molar-refractivity contribution in [3.05, 3.63) is 70.2 Å². The molecule has 29 heavy (non-hydrogen) atoms. The third kappa shape index (κ3) is 6.71. The average molecular weight is 414 g/mol. The van der Waals surface area contributed by atoms with Crippen molar-refractivity contribution in [3.63, 3.8) is 0 Å². The minimum atomic E-state index is -0.710. The second-order valence-electron chi connectivity index (χ2n) is 8.31. The van der Waals surface area contributed by atoms with E-state index in [-0.39, 0.29) is 23.1 Å². The normalized spacial score (nSPS) is 12.8. The number of hydrogen-bond acceptors (Lipinski definition) is 3. The van der Waals surface area contributed by atoms with Gasteiger partial charge in [0.1, 0.15) is 6.04 Å². The molecular formula is C23H28ClN3O2. The topological polar surface area (TPSA) is 70.6 Å². The van der Waals surface area contributed by atoms with Gasteiger partial charge in [-0.1, -0.05) is 70.5 Å². The zero-order chi connectivity index (χ0) is 21.6. The number of hydrazone groups is 1. The Balaban J connectivity index is 1.99. The van der Waals surface area contributed by atoms with Crippen LogP contribution in [0.15, 0.2) is 53.6 Å². The highest BCUT2D eigenvalue weighted by Crippen LogP contribution is 2.21. The van der Waals surface area contributed by atoms with Crippen molar-refractivity contribution in [2.24, 2.45) is 11.0 Å². The standard InChI is InChI=1S/C23H28ClN3O2/c1-15(2)20(26-21(28)17-8-12-19(24)13-9-17)22(29)27-25-14-16-6-10-18(11-7-16)23(3,4)5/h6-15,20H,1-5H3,(H,26,28)(H,27,29)/b25-14+. The third-order valence-electron chi connectivity index (χ3n) is 4.51. The zero-order valence-electron chi connectivity index (χ0n) is 17.5. The number of carbonyl (C=O) groups is 2. The lowest BCUT2D eigenvalue weighted by atomic mass is 9.87. The van der Waals surface area contributed by atoms with E-state index in [1.807, 2.05) is 38.1 Å². The number of nitrogens with zero attached hydrogens (tertiary/aromatic N) is 1. The summed E-state index contributed by atoms with van der Waals surface area (Å²) in [6.45, 7) is 10.2. The van der Waals surface area contributed by atoms with E-state index < -0.39 is 6.04 Å². The first-order valence-electron chi connectivity index (χ1n) is 9.58. The molecule has 0 fully saturated rings. The van der Waals surface area contributed by atoms with Crippen LogP contribution in [-0.4, -0.2) is 24.1 Å². The first-order valence-corrected chi connectivity index (χ1v) is 9.95. The van der Waals surface area contributed by atoms with Crippen LogP contribution in [0.5, 0.6) is 0 Å². The number of benzene rings is 2. The van der Waals surface area contributed by atoms with E-state index in [1.165, 1.54) is 5.56 Å². The number of nitrogens with one attached hydrogen (secondary N) is 2. The van der Waals surface area contributed by atoms with Gasteiger partial charge in [-0.15, -0.1) is 0 Å². The van der Waals surface area contributed by atoms with E-state index in [0.717, 1.165) is 5.56 Å². The Morgan fingerprint density at radius 3 is 2.10 bits per heavy atom. The summed E-state index contributed by atoms with van der Waals surface area (Å²) in [5.41, 5.74) is 5.14. The number of carbonyl (C=O) groups excluding carboxylic acids is 2. The van der Waals surface area contributed by atoms with E-state index in [0.29, 0.717) is 10.6 Å². The quantitative estimate of drug-likeness (QED) is 0.539. The number of halogens is 1. The summed E-state index contributed by atoms with van der Waals surface area (Å²) in [5.74, 6) is -0.811. The number of amides is 2. The first-order chi connectivity index (χ1) is 13.6. The fourth-order valence-corrected chi connectivity index (χ4v) is 2.80. The zero-order valence-corrected chi connectivity index (χ0v) is 18.2. The van der Waals surface area contributed by atoms with E-state index in [9.17, 15) is 9.59 Å². The minimum Gasteiger partial charge on any atom is -0.340 e. The lowest BCUT2D eigenvalue weighted by Gasteiger charge is -2.20. The Hall–Kier alpha value is -2.66. The van der Waals surface area contributed by atoms with Crippen LogP contribution in [-0.2, 0) is 10.2 Å². The fraction of sp³-hybridized carbons (Fsp3) is 0.348. The Labute approximate surface area is 177 Å². The lowest BCUT2D eigenvalue weighted by molar-refractivity contribution is -0.123. The van der Waals surface area contributed by atoms with Crippen molar-refractivity contribution < 1.29 is 9.59 Å². The minimum absolute atomic E-state index is 0.0800. The lowest BCUT2D eigenvalue weighted by Crippen LogP contribution is -2.48. The monoisotopic (exact) mass is 413 g/mol. The van der Waals surface area contributed by atoms with Gasteiger partial charge in [-0.2, -0.15) is 5.10 Å². The van der Waals surface area contributed by atoms with E-state index in [2.05, 4.69) is 36.6 Å². The summed E-state index contributed by atoms with van der Waals surface area (Å²) in [7, 11) is 0. The molecule has 2 aromatic carbocycles. The highest BCUT2D eigenvalue weighted by molar-refractivity contribution is 6.30. The van der Waals surface area contributed by atoms with Crippen LogP contribution < -0.4 is 10.7 Å². The maximum Gasteiger partial charge on any atom is 0.262 e. The molecule has 0 heterocycles. The van der Waals surface area contributed by atoms with Crippen molar-refractivity contribution in [2.45, 2.75) is 46.1 Å². The summed E-state index contributed by atoms with van der Waals surface area (Å²) in [6.07, 6.45) is 1.59. The molecule has 0 saturated carbocycles. The number of rotatable bonds is 6. The predicted molar refractivity (Wildman–Crippen MR) is 118 cm³/mol. The molecule has 1 atom stereocenters. The molecule has 0 bridgehead atoms. The number of hydrogen-bond donors (Lipinski definition) is 2. The Morgan fingerprint density at radius 1 is 1.00 bits per heavy atom. The molecule has 1 unspecified atom stereocenters. The molecule has 2 aromatic rings. The van der Waals surface area contributed by atoms with Crippen LogP contribution in [0.4, 0.5) is 0 Å². The van der Waals surface area contributed by atoms with E-state index >= 15 is 0 Å². The van der Waals surface area contributed by atoms with Gasteiger partial charge in [0.05, 0.1) is 6.21 Å². The van der Waals surface area contributed by atoms with E-state index in [1.54, 1.807) is 30.5 Å². The van der Waals surface area contributed by atoms with Crippen LogP contribution in [0.3, 0.4) is 0 Å². The molecule has 5 nitrogen and oxygen atoms in total. The van der Waals surface area contributed by atoms with Gasteiger partial charge in [-0.05, 0) is 46.7 Å². The Morgan fingerprint density at radius 2 is 1.59 bits per heavy atom. The maximum atomic E-state index is 12.5. The smallest absolute Gasteiger partial charge is 0.262 e. The molecule has 0 radical (unpaired) electrons. The summed E-state index contributed by atoms with van der Waals surface area (Å²) < 4.78 is 0. The molecule has 2 rings (SSSR count). The molecule has 2 N–H and O–H groups in total. The van der Waals surface area contributed by atoms with Crippen molar-refractivity contribution in [3.8, 4) is 0 Å². The molecular weight excluding hydrogens is 386 g/mol. The van der Waals surface area contributed by atoms with Gasteiger partial charge < -0.3 is 5.32 Å². The van der Waals surface area contributed by atoms with E-state index in [4.69, 9.17) is 11.6 Å². The molecule has 0 aliphatic rings. The summed E-state index contributed by atoms with van der Waals surface area (Å²) >= 11 is 5.85. The van der Waals surface area contributed by atoms with Crippen molar-refractivity contribution in [1.82, 2.24) is 10.7 Å². The molecule has 0 spiro atoms. The summed E-state index contributed by atoms with van der Waals surface area (Å²) in [5, 5.41) is 7.34. The molecule has 0 aliphatic carbocycles. The molecule has 6 heteroatoms. The largest absolute Gasteiger partial charge is 0.340 e.